The van der Waals surface area contributed by atoms with E-state index in [0.29, 0.717) is 5.56 Å². The third-order valence-electron chi connectivity index (χ3n) is 1.78. The second kappa shape index (κ2) is 6.41. The molecular formula is C8H11ClN2O4S. The lowest BCUT2D eigenvalue weighted by Gasteiger charge is -2.06. The van der Waals surface area contributed by atoms with Gasteiger partial charge < -0.3 is 10.5 Å². The molecule has 0 fully saturated rings. The van der Waals surface area contributed by atoms with E-state index in [9.17, 15) is 14.9 Å². The average molecular weight is 267 g/mol. The largest absolute Gasteiger partial charge is 0.468 e. The first-order valence-electron chi connectivity index (χ1n) is 4.09. The van der Waals surface area contributed by atoms with Crippen LogP contribution in [-0.2, 0) is 16.0 Å². The summed E-state index contributed by atoms with van der Waals surface area (Å²) in [6.07, 6.45) is 0.247. The van der Waals surface area contributed by atoms with Crippen LogP contribution in [0.3, 0.4) is 0 Å². The topological polar surface area (TPSA) is 95.5 Å². The highest BCUT2D eigenvalue weighted by Crippen LogP contribution is 2.23. The van der Waals surface area contributed by atoms with Crippen molar-refractivity contribution in [3.05, 3.63) is 27.1 Å². The Balaban J connectivity index is 0.00000225. The summed E-state index contributed by atoms with van der Waals surface area (Å²) in [6.45, 7) is 0. The summed E-state index contributed by atoms with van der Waals surface area (Å²) in [5.41, 5.74) is 6.18. The van der Waals surface area contributed by atoms with Gasteiger partial charge in [0.05, 0.1) is 12.0 Å². The highest BCUT2D eigenvalue weighted by Gasteiger charge is 2.17. The Labute approximate surface area is 102 Å². The fraction of sp³-hybridized carbons (Fsp3) is 0.375. The van der Waals surface area contributed by atoms with E-state index < -0.39 is 16.9 Å². The molecule has 0 saturated carbocycles. The number of thiophene rings is 1. The molecule has 16 heavy (non-hydrogen) atoms. The quantitative estimate of drug-likeness (QED) is 0.500. The fourth-order valence-corrected chi connectivity index (χ4v) is 1.80. The third kappa shape index (κ3) is 3.76. The molecule has 0 radical (unpaired) electrons. The predicted octanol–water partition coefficient (Wildman–Crippen LogP) is 1.12. The van der Waals surface area contributed by atoms with Gasteiger partial charge in [0.2, 0.25) is 0 Å². The summed E-state index contributed by atoms with van der Waals surface area (Å²) in [5, 5.41) is 12.0. The van der Waals surface area contributed by atoms with Crippen LogP contribution < -0.4 is 5.73 Å². The number of nitrogens with two attached hydrogens (primary N) is 1. The van der Waals surface area contributed by atoms with E-state index >= 15 is 0 Å². The van der Waals surface area contributed by atoms with Gasteiger partial charge in [0.25, 0.3) is 0 Å². The Morgan fingerprint density at radius 1 is 1.75 bits per heavy atom. The van der Waals surface area contributed by atoms with Crippen molar-refractivity contribution in [3.63, 3.8) is 0 Å². The number of ether oxygens (including phenoxy) is 1. The van der Waals surface area contributed by atoms with Gasteiger partial charge in [-0.2, -0.15) is 0 Å². The minimum absolute atomic E-state index is 0. The van der Waals surface area contributed by atoms with Gasteiger partial charge in [0.15, 0.2) is 0 Å². The van der Waals surface area contributed by atoms with E-state index in [1.807, 2.05) is 0 Å². The van der Waals surface area contributed by atoms with E-state index in [-0.39, 0.29) is 23.8 Å². The molecule has 0 aliphatic heterocycles. The number of nitrogens with zero attached hydrogens (tertiary/aromatic N) is 1. The maximum Gasteiger partial charge on any atom is 0.324 e. The Kier molecular flexibility index (Phi) is 5.94. The normalized spacial score (nSPS) is 11.4. The zero-order valence-corrected chi connectivity index (χ0v) is 10.0. The lowest BCUT2D eigenvalue weighted by molar-refractivity contribution is -0.380. The number of carbonyl (C=O) groups is 1. The second-order valence-electron chi connectivity index (χ2n) is 2.88. The van der Waals surface area contributed by atoms with E-state index in [0.717, 1.165) is 11.3 Å². The molecule has 1 rings (SSSR count). The molecule has 0 aliphatic carbocycles. The molecule has 0 bridgehead atoms. The van der Waals surface area contributed by atoms with Gasteiger partial charge >= 0.3 is 11.0 Å². The first-order valence-corrected chi connectivity index (χ1v) is 4.97. The number of hydrogen-bond acceptors (Lipinski definition) is 6. The lowest BCUT2D eigenvalue weighted by Crippen LogP contribution is -2.33. The highest BCUT2D eigenvalue weighted by molar-refractivity contribution is 7.13. The van der Waals surface area contributed by atoms with Gasteiger partial charge in [-0.15, -0.1) is 12.4 Å². The van der Waals surface area contributed by atoms with Crippen LogP contribution in [0.4, 0.5) is 5.00 Å². The Morgan fingerprint density at radius 3 is 2.81 bits per heavy atom. The maximum atomic E-state index is 11.0. The molecule has 8 heteroatoms. The summed E-state index contributed by atoms with van der Waals surface area (Å²) in [5.74, 6) is -0.524. The van der Waals surface area contributed by atoms with Crippen LogP contribution in [0, 0.1) is 10.1 Å². The lowest BCUT2D eigenvalue weighted by atomic mass is 10.1. The van der Waals surface area contributed by atoms with E-state index in [2.05, 4.69) is 4.74 Å². The third-order valence-corrected chi connectivity index (χ3v) is 2.71. The van der Waals surface area contributed by atoms with Crippen LogP contribution in [0.2, 0.25) is 0 Å². The van der Waals surface area contributed by atoms with Crippen LogP contribution in [0.15, 0.2) is 11.4 Å². The first kappa shape index (κ1) is 14.8. The summed E-state index contributed by atoms with van der Waals surface area (Å²) in [7, 11) is 1.25. The Hall–Kier alpha value is -1.18. The van der Waals surface area contributed by atoms with Gasteiger partial charge in [-0.1, -0.05) is 11.3 Å². The predicted molar refractivity (Wildman–Crippen MR) is 61.9 cm³/mol. The fourth-order valence-electron chi connectivity index (χ4n) is 1.05. The Bertz CT molecular complexity index is 382. The molecule has 1 heterocycles. The Morgan fingerprint density at radius 2 is 2.38 bits per heavy atom. The van der Waals surface area contributed by atoms with Gasteiger partial charge in [-0.25, -0.2) is 0 Å². The SMILES string of the molecule is COC(=O)C(N)Cc1csc([N+](=O)[O-])c1.Cl. The van der Waals surface area contributed by atoms with Crippen molar-refractivity contribution in [1.82, 2.24) is 0 Å². The van der Waals surface area contributed by atoms with Crippen molar-refractivity contribution >= 4 is 34.7 Å². The molecule has 0 amide bonds. The zero-order chi connectivity index (χ0) is 11.4. The standard InChI is InChI=1S/C8H10N2O4S.ClH/c1-14-8(11)6(9)2-5-3-7(10(12)13)15-4-5;/h3-4,6H,2,9H2,1H3;1H. The van der Waals surface area contributed by atoms with Crippen molar-refractivity contribution in [2.75, 3.05) is 7.11 Å². The minimum Gasteiger partial charge on any atom is -0.468 e. The molecule has 1 unspecified atom stereocenters. The van der Waals surface area contributed by atoms with Crippen molar-refractivity contribution in [3.8, 4) is 0 Å². The van der Waals surface area contributed by atoms with Crippen molar-refractivity contribution in [2.24, 2.45) is 5.73 Å². The van der Waals surface area contributed by atoms with E-state index in [1.54, 1.807) is 5.38 Å². The number of esters is 1. The van der Waals surface area contributed by atoms with E-state index in [1.165, 1.54) is 13.2 Å². The van der Waals surface area contributed by atoms with Gasteiger partial charge in [-0.3, -0.25) is 14.9 Å². The van der Waals surface area contributed by atoms with Gasteiger partial charge in [0, 0.05) is 11.4 Å². The molecule has 1 aromatic rings. The summed E-state index contributed by atoms with van der Waals surface area (Å²) in [6, 6.07) is 0.636. The molecule has 1 aromatic heterocycles. The van der Waals surface area contributed by atoms with Crippen LogP contribution in [-0.4, -0.2) is 24.0 Å². The first-order chi connectivity index (χ1) is 7.04. The molecule has 0 saturated heterocycles. The molecule has 2 N–H and O–H groups in total. The second-order valence-corrected chi connectivity index (χ2v) is 3.77. The number of rotatable bonds is 4. The number of carbonyl (C=O) groups excluding carboxylic acids is 1. The molecule has 0 aromatic carbocycles. The summed E-state index contributed by atoms with van der Waals surface area (Å²) >= 11 is 1.01. The molecule has 1 atom stereocenters. The van der Waals surface area contributed by atoms with Crippen LogP contribution in [0.5, 0.6) is 0 Å². The number of hydrogen-bond donors (Lipinski definition) is 1. The molecule has 0 spiro atoms. The van der Waals surface area contributed by atoms with Crippen molar-refractivity contribution in [2.45, 2.75) is 12.5 Å². The maximum absolute atomic E-state index is 11.0. The number of halogens is 1. The van der Waals surface area contributed by atoms with Crippen LogP contribution >= 0.6 is 23.7 Å². The molecule has 90 valence electrons. The monoisotopic (exact) mass is 266 g/mol. The van der Waals surface area contributed by atoms with Crippen LogP contribution in [0.25, 0.3) is 0 Å². The smallest absolute Gasteiger partial charge is 0.324 e. The average Bonchev–Trinajstić information content (AvgIpc) is 2.65. The van der Waals surface area contributed by atoms with Gasteiger partial charge in [0.1, 0.15) is 6.04 Å². The van der Waals surface area contributed by atoms with E-state index in [4.69, 9.17) is 5.73 Å². The van der Waals surface area contributed by atoms with Crippen molar-refractivity contribution < 1.29 is 14.5 Å². The summed E-state index contributed by atoms with van der Waals surface area (Å²) < 4.78 is 4.44. The zero-order valence-electron chi connectivity index (χ0n) is 8.41. The molecule has 6 nitrogen and oxygen atoms in total. The summed E-state index contributed by atoms with van der Waals surface area (Å²) in [4.78, 5) is 20.9. The van der Waals surface area contributed by atoms with Gasteiger partial charge in [-0.05, 0) is 12.0 Å². The minimum atomic E-state index is -0.774. The molecular weight excluding hydrogens is 256 g/mol. The van der Waals surface area contributed by atoms with Crippen molar-refractivity contribution in [1.29, 1.82) is 0 Å². The number of methoxy groups -OCH3 is 1. The number of nitro groups is 1. The van der Waals surface area contributed by atoms with Crippen LogP contribution in [0.1, 0.15) is 5.56 Å². The molecule has 0 aliphatic rings. The highest BCUT2D eigenvalue weighted by atomic mass is 35.5.